The number of hydrogen-bond acceptors (Lipinski definition) is 5. The van der Waals surface area contributed by atoms with Crippen molar-refractivity contribution in [2.45, 2.75) is 25.3 Å². The van der Waals surface area contributed by atoms with Crippen molar-refractivity contribution in [1.82, 2.24) is 10.2 Å². The zero-order valence-corrected chi connectivity index (χ0v) is 14.4. The number of amides is 2. The molecule has 8 nitrogen and oxygen atoms in total. The number of likely N-dealkylation sites (tertiary alicyclic amines) is 1. The van der Waals surface area contributed by atoms with Crippen LogP contribution < -0.4 is 16.0 Å². The van der Waals surface area contributed by atoms with E-state index in [4.69, 9.17) is 5.11 Å². The number of aliphatic carboxylic acids is 1. The molecule has 2 fully saturated rings. The van der Waals surface area contributed by atoms with Crippen LogP contribution in [-0.4, -0.2) is 60.0 Å². The normalized spacial score (nSPS) is 23.9. The summed E-state index contributed by atoms with van der Waals surface area (Å²) in [5.74, 6) is -0.975. The van der Waals surface area contributed by atoms with Crippen LogP contribution in [-0.2, 0) is 9.59 Å². The maximum atomic E-state index is 12.8. The van der Waals surface area contributed by atoms with E-state index in [1.165, 1.54) is 0 Å². The van der Waals surface area contributed by atoms with E-state index in [2.05, 4.69) is 16.0 Å². The molecule has 138 valence electrons. The fraction of sp³-hybridized carbons (Fsp3) is 0.500. The first-order valence-electron chi connectivity index (χ1n) is 8.89. The van der Waals surface area contributed by atoms with Crippen molar-refractivity contribution in [2.75, 3.05) is 36.8 Å². The molecule has 0 aliphatic carbocycles. The summed E-state index contributed by atoms with van der Waals surface area (Å²) in [5, 5.41) is 18.0. The third-order valence-corrected chi connectivity index (χ3v) is 5.75. The third-order valence-electron chi connectivity index (χ3n) is 5.75. The Labute approximate surface area is 150 Å². The van der Waals surface area contributed by atoms with E-state index in [-0.39, 0.29) is 23.8 Å². The first-order chi connectivity index (χ1) is 12.5. The van der Waals surface area contributed by atoms with Gasteiger partial charge in [0.1, 0.15) is 6.04 Å². The smallest absolute Gasteiger partial charge is 0.320 e. The average molecular weight is 358 g/mol. The molecule has 0 saturated carbocycles. The number of benzene rings is 1. The summed E-state index contributed by atoms with van der Waals surface area (Å²) in [7, 11) is 0. The Morgan fingerprint density at radius 1 is 1.19 bits per heavy atom. The van der Waals surface area contributed by atoms with E-state index in [0.717, 1.165) is 18.5 Å². The van der Waals surface area contributed by atoms with E-state index in [1.54, 1.807) is 12.1 Å². The molecule has 26 heavy (non-hydrogen) atoms. The van der Waals surface area contributed by atoms with Gasteiger partial charge in [0.25, 0.3) is 5.91 Å². The van der Waals surface area contributed by atoms with Crippen molar-refractivity contribution in [3.05, 3.63) is 23.8 Å². The van der Waals surface area contributed by atoms with Crippen molar-refractivity contribution < 1.29 is 19.5 Å². The fourth-order valence-electron chi connectivity index (χ4n) is 4.14. The highest BCUT2D eigenvalue weighted by Gasteiger charge is 2.44. The lowest BCUT2D eigenvalue weighted by Crippen LogP contribution is -2.44. The van der Waals surface area contributed by atoms with Crippen LogP contribution in [0.15, 0.2) is 18.2 Å². The van der Waals surface area contributed by atoms with E-state index >= 15 is 0 Å². The van der Waals surface area contributed by atoms with E-state index in [1.807, 2.05) is 11.0 Å². The molecular weight excluding hydrogens is 336 g/mol. The highest BCUT2D eigenvalue weighted by molar-refractivity contribution is 6.03. The predicted molar refractivity (Wildman–Crippen MR) is 95.2 cm³/mol. The number of hydrogen-bond donors (Lipinski definition) is 4. The van der Waals surface area contributed by atoms with Gasteiger partial charge in [-0.2, -0.15) is 0 Å². The first kappa shape index (κ1) is 16.8. The molecule has 0 aromatic heterocycles. The molecule has 0 radical (unpaired) electrons. The maximum Gasteiger partial charge on any atom is 0.320 e. The molecule has 2 amide bonds. The minimum Gasteiger partial charge on any atom is -0.480 e. The molecule has 0 bridgehead atoms. The average Bonchev–Trinajstić information content (AvgIpc) is 3.05. The Balaban J connectivity index is 1.42. The predicted octanol–water partition coefficient (Wildman–Crippen LogP) is 0.720. The number of nitrogens with one attached hydrogen (secondary N) is 3. The molecule has 1 spiro atoms. The summed E-state index contributed by atoms with van der Waals surface area (Å²) in [6.07, 6.45) is 2.23. The fourth-order valence-corrected chi connectivity index (χ4v) is 4.14. The molecule has 3 aliphatic heterocycles. The molecule has 2 saturated heterocycles. The molecule has 4 rings (SSSR count). The van der Waals surface area contributed by atoms with Crippen LogP contribution in [0.3, 0.4) is 0 Å². The number of carboxylic acid groups (broad SMARTS) is 1. The van der Waals surface area contributed by atoms with Gasteiger partial charge in [-0.25, -0.2) is 0 Å². The van der Waals surface area contributed by atoms with E-state index in [0.29, 0.717) is 37.3 Å². The molecule has 8 heteroatoms. The summed E-state index contributed by atoms with van der Waals surface area (Å²) >= 11 is 0. The highest BCUT2D eigenvalue weighted by atomic mass is 16.4. The Hall–Kier alpha value is -2.61. The molecule has 3 aliphatic rings. The molecule has 1 aromatic carbocycles. The van der Waals surface area contributed by atoms with Crippen molar-refractivity contribution in [3.63, 3.8) is 0 Å². The van der Waals surface area contributed by atoms with Gasteiger partial charge in [-0.15, -0.1) is 0 Å². The second-order valence-corrected chi connectivity index (χ2v) is 7.43. The third kappa shape index (κ3) is 3.01. The molecule has 4 N–H and O–H groups in total. The van der Waals surface area contributed by atoms with Crippen LogP contribution >= 0.6 is 0 Å². The largest absolute Gasteiger partial charge is 0.480 e. The van der Waals surface area contributed by atoms with Crippen LogP contribution in [0.2, 0.25) is 0 Å². The molecule has 3 heterocycles. The van der Waals surface area contributed by atoms with Crippen LogP contribution in [0.4, 0.5) is 11.4 Å². The maximum absolute atomic E-state index is 12.8. The Kier molecular flexibility index (Phi) is 4.07. The van der Waals surface area contributed by atoms with Gasteiger partial charge in [-0.1, -0.05) is 0 Å². The van der Waals surface area contributed by atoms with Gasteiger partial charge in [0.05, 0.1) is 17.9 Å². The van der Waals surface area contributed by atoms with Crippen LogP contribution in [0, 0.1) is 5.41 Å². The summed E-state index contributed by atoms with van der Waals surface area (Å²) < 4.78 is 0. The SMILES string of the molecule is O=C1CNc2ccc(C(=O)N3CCC4(CC3)CN[C@@H](C(=O)O)C4)cc2N1. The second kappa shape index (κ2) is 6.28. The minimum atomic E-state index is -0.801. The van der Waals surface area contributed by atoms with Crippen LogP contribution in [0.1, 0.15) is 29.6 Å². The number of nitrogens with zero attached hydrogens (tertiary/aromatic N) is 1. The number of fused-ring (bicyclic) bond motifs is 1. The quantitative estimate of drug-likeness (QED) is 0.620. The van der Waals surface area contributed by atoms with Crippen LogP contribution in [0.25, 0.3) is 0 Å². The molecular formula is C18H22N4O4. The number of carbonyl (C=O) groups excluding carboxylic acids is 2. The van der Waals surface area contributed by atoms with Crippen molar-refractivity contribution in [1.29, 1.82) is 0 Å². The Bertz CT molecular complexity index is 770. The molecule has 1 aromatic rings. The highest BCUT2D eigenvalue weighted by Crippen LogP contribution is 2.39. The van der Waals surface area contributed by atoms with Gasteiger partial charge in [0.2, 0.25) is 5.91 Å². The van der Waals surface area contributed by atoms with Gasteiger partial charge in [-0.05, 0) is 42.9 Å². The van der Waals surface area contributed by atoms with Crippen molar-refractivity contribution in [2.24, 2.45) is 5.41 Å². The summed E-state index contributed by atoms with van der Waals surface area (Å²) in [4.78, 5) is 37.3. The Morgan fingerprint density at radius 2 is 1.96 bits per heavy atom. The Morgan fingerprint density at radius 3 is 2.65 bits per heavy atom. The summed E-state index contributed by atoms with van der Waals surface area (Å²) in [6.45, 7) is 2.17. The van der Waals surface area contributed by atoms with E-state index < -0.39 is 12.0 Å². The lowest BCUT2D eigenvalue weighted by atomic mass is 9.76. The first-order valence-corrected chi connectivity index (χ1v) is 8.89. The number of carbonyl (C=O) groups is 3. The van der Waals surface area contributed by atoms with E-state index in [9.17, 15) is 14.4 Å². The van der Waals surface area contributed by atoms with Crippen molar-refractivity contribution >= 4 is 29.2 Å². The second-order valence-electron chi connectivity index (χ2n) is 7.43. The van der Waals surface area contributed by atoms with Gasteiger partial charge in [-0.3, -0.25) is 14.4 Å². The number of rotatable bonds is 2. The van der Waals surface area contributed by atoms with Crippen molar-refractivity contribution in [3.8, 4) is 0 Å². The number of piperidine rings is 1. The lowest BCUT2D eigenvalue weighted by Gasteiger charge is -2.39. The van der Waals surface area contributed by atoms with Gasteiger partial charge in [0.15, 0.2) is 0 Å². The van der Waals surface area contributed by atoms with Gasteiger partial charge < -0.3 is 26.0 Å². The van der Waals surface area contributed by atoms with Gasteiger partial charge >= 0.3 is 5.97 Å². The van der Waals surface area contributed by atoms with Crippen LogP contribution in [0.5, 0.6) is 0 Å². The zero-order chi connectivity index (χ0) is 18.3. The minimum absolute atomic E-state index is 0.0203. The molecule has 0 unspecified atom stereocenters. The summed E-state index contributed by atoms with van der Waals surface area (Å²) in [5.41, 5.74) is 1.98. The van der Waals surface area contributed by atoms with Gasteiger partial charge in [0, 0.05) is 25.2 Å². The number of carboxylic acids is 1. The number of anilines is 2. The zero-order valence-electron chi connectivity index (χ0n) is 14.4. The molecule has 1 atom stereocenters. The standard InChI is InChI=1S/C18H22N4O4/c23-15-9-19-12-2-1-11(7-13(12)21-15)16(24)22-5-3-18(4-6-22)8-14(17(25)26)20-10-18/h1-2,7,14,19-20H,3-6,8-10H2,(H,21,23)(H,25,26)/t14-/m1/s1. The lowest BCUT2D eigenvalue weighted by molar-refractivity contribution is -0.139. The summed E-state index contributed by atoms with van der Waals surface area (Å²) in [6, 6.07) is 4.82. The monoisotopic (exact) mass is 358 g/mol. The topological polar surface area (TPSA) is 111 Å².